The van der Waals surface area contributed by atoms with Crippen molar-refractivity contribution in [2.45, 2.75) is 42.2 Å². The number of hydrogen-bond acceptors (Lipinski definition) is 5. The molecule has 2 saturated heterocycles. The highest BCUT2D eigenvalue weighted by molar-refractivity contribution is 7.90. The van der Waals surface area contributed by atoms with Gasteiger partial charge in [0.15, 0.2) is 0 Å². The zero-order chi connectivity index (χ0) is 20.6. The summed E-state index contributed by atoms with van der Waals surface area (Å²) >= 11 is 0. The minimum atomic E-state index is -3.52. The molecule has 0 aromatic heterocycles. The summed E-state index contributed by atoms with van der Waals surface area (Å²) in [6.45, 7) is 2.39. The number of piperazine rings is 1. The van der Waals surface area contributed by atoms with Crippen molar-refractivity contribution < 1.29 is 21.6 Å². The fourth-order valence-electron chi connectivity index (χ4n) is 3.93. The maximum atomic E-state index is 12.8. The quantitative estimate of drug-likeness (QED) is 0.682. The Labute approximate surface area is 172 Å². The Balaban J connectivity index is 1.40. The first kappa shape index (κ1) is 20.8. The van der Waals surface area contributed by atoms with Crippen LogP contribution in [0.3, 0.4) is 0 Å². The highest BCUT2D eigenvalue weighted by atomic mass is 32.2. The third-order valence-electron chi connectivity index (χ3n) is 5.89. The maximum Gasteiger partial charge on any atom is 0.253 e. The van der Waals surface area contributed by atoms with Gasteiger partial charge in [0.2, 0.25) is 20.0 Å². The standard InChI is InChI=1S/C19H27N3O5S2/c23-19(20-12-14-22(15-13-20)29(26,27)18-8-9-18)16-4-6-17(7-5-16)28(24,25)21-10-2-1-3-11-21/h4-7,18H,1-3,8-15H2. The SMILES string of the molecule is O=C(c1ccc(S(=O)(=O)N2CCCCC2)cc1)N1CCN(S(=O)(=O)C2CC2)CC1. The van der Waals surface area contributed by atoms with Crippen LogP contribution in [0, 0.1) is 0 Å². The fourth-order valence-corrected chi connectivity index (χ4v) is 7.27. The van der Waals surface area contributed by atoms with Crippen LogP contribution >= 0.6 is 0 Å². The monoisotopic (exact) mass is 441 g/mol. The minimum absolute atomic E-state index is 0.199. The van der Waals surface area contributed by atoms with Crippen LogP contribution < -0.4 is 0 Å². The van der Waals surface area contributed by atoms with E-state index in [1.54, 1.807) is 17.0 Å². The van der Waals surface area contributed by atoms with Gasteiger partial charge in [0.1, 0.15) is 0 Å². The van der Waals surface area contributed by atoms with Crippen molar-refractivity contribution in [2.24, 2.45) is 0 Å². The van der Waals surface area contributed by atoms with Gasteiger partial charge in [0.25, 0.3) is 5.91 Å². The van der Waals surface area contributed by atoms with Gasteiger partial charge < -0.3 is 4.90 Å². The average Bonchev–Trinajstić information content (AvgIpc) is 3.60. The summed E-state index contributed by atoms with van der Waals surface area (Å²) in [5, 5.41) is -0.237. The molecule has 0 bridgehead atoms. The molecule has 0 unspecified atom stereocenters. The number of rotatable bonds is 5. The first-order valence-electron chi connectivity index (χ1n) is 10.2. The van der Waals surface area contributed by atoms with Gasteiger partial charge in [0, 0.05) is 44.8 Å². The summed E-state index contributed by atoms with van der Waals surface area (Å²) < 4.78 is 53.1. The highest BCUT2D eigenvalue weighted by Crippen LogP contribution is 2.31. The van der Waals surface area contributed by atoms with Crippen LogP contribution in [0.2, 0.25) is 0 Å². The van der Waals surface area contributed by atoms with E-state index in [1.807, 2.05) is 0 Å². The molecule has 0 spiro atoms. The summed E-state index contributed by atoms with van der Waals surface area (Å²) in [4.78, 5) is 14.6. The van der Waals surface area contributed by atoms with E-state index >= 15 is 0 Å². The van der Waals surface area contributed by atoms with E-state index in [-0.39, 0.29) is 16.1 Å². The molecule has 2 aliphatic heterocycles. The largest absolute Gasteiger partial charge is 0.336 e. The van der Waals surface area contributed by atoms with Crippen LogP contribution in [0.5, 0.6) is 0 Å². The Morgan fingerprint density at radius 2 is 1.34 bits per heavy atom. The number of hydrogen-bond donors (Lipinski definition) is 0. The molecule has 0 radical (unpaired) electrons. The van der Waals surface area contributed by atoms with Crippen LogP contribution in [0.1, 0.15) is 42.5 Å². The van der Waals surface area contributed by atoms with E-state index < -0.39 is 20.0 Å². The van der Waals surface area contributed by atoms with Gasteiger partial charge in [-0.3, -0.25) is 4.79 Å². The maximum absolute atomic E-state index is 12.8. The first-order valence-corrected chi connectivity index (χ1v) is 13.1. The molecule has 1 saturated carbocycles. The van der Waals surface area contributed by atoms with E-state index in [0.29, 0.717) is 44.8 Å². The summed E-state index contributed by atoms with van der Waals surface area (Å²) in [5.74, 6) is -0.199. The molecule has 0 N–H and O–H groups in total. The number of piperidine rings is 1. The molecule has 4 rings (SSSR count). The normalized spacial score (nSPS) is 22.6. The predicted octanol–water partition coefficient (Wildman–Crippen LogP) is 1.11. The van der Waals surface area contributed by atoms with Crippen molar-refractivity contribution in [2.75, 3.05) is 39.3 Å². The second-order valence-corrected chi connectivity index (χ2v) is 12.1. The lowest BCUT2D eigenvalue weighted by Gasteiger charge is -2.34. The van der Waals surface area contributed by atoms with Crippen LogP contribution in [0.15, 0.2) is 29.2 Å². The lowest BCUT2D eigenvalue weighted by molar-refractivity contribution is 0.0697. The number of sulfonamides is 2. The highest BCUT2D eigenvalue weighted by Gasteiger charge is 2.41. The van der Waals surface area contributed by atoms with E-state index in [1.165, 1.54) is 20.7 Å². The van der Waals surface area contributed by atoms with Crippen molar-refractivity contribution in [3.63, 3.8) is 0 Å². The topological polar surface area (TPSA) is 95.1 Å². The van der Waals surface area contributed by atoms with E-state index in [2.05, 4.69) is 0 Å². The molecule has 3 aliphatic rings. The van der Waals surface area contributed by atoms with Gasteiger partial charge in [0.05, 0.1) is 10.1 Å². The van der Waals surface area contributed by atoms with Crippen LogP contribution in [0.4, 0.5) is 0 Å². The number of benzene rings is 1. The second kappa shape index (κ2) is 7.98. The summed E-state index contributed by atoms with van der Waals surface area (Å²) in [5.41, 5.74) is 0.418. The predicted molar refractivity (Wildman–Crippen MR) is 108 cm³/mol. The van der Waals surface area contributed by atoms with E-state index in [9.17, 15) is 21.6 Å². The molecule has 1 aromatic rings. The third kappa shape index (κ3) is 4.21. The van der Waals surface area contributed by atoms with E-state index in [0.717, 1.165) is 32.1 Å². The lowest BCUT2D eigenvalue weighted by atomic mass is 10.2. The Hall–Kier alpha value is -1.49. The lowest BCUT2D eigenvalue weighted by Crippen LogP contribution is -2.51. The second-order valence-electron chi connectivity index (χ2n) is 7.92. The molecule has 1 aromatic carbocycles. The van der Waals surface area contributed by atoms with Crippen LogP contribution in [-0.4, -0.2) is 80.8 Å². The fraction of sp³-hybridized carbons (Fsp3) is 0.632. The number of carbonyl (C=O) groups is 1. The summed E-state index contributed by atoms with van der Waals surface area (Å²) in [7, 11) is -6.73. The van der Waals surface area contributed by atoms with Gasteiger partial charge >= 0.3 is 0 Å². The summed E-state index contributed by atoms with van der Waals surface area (Å²) in [6, 6.07) is 6.08. The molecular weight excluding hydrogens is 414 g/mol. The van der Waals surface area contributed by atoms with Gasteiger partial charge in [-0.05, 0) is 49.9 Å². The van der Waals surface area contributed by atoms with Crippen molar-refractivity contribution in [1.82, 2.24) is 13.5 Å². The summed E-state index contributed by atoms with van der Waals surface area (Å²) in [6.07, 6.45) is 4.26. The molecule has 2 heterocycles. The van der Waals surface area contributed by atoms with Crippen molar-refractivity contribution >= 4 is 26.0 Å². The molecule has 8 nitrogen and oxygen atoms in total. The molecule has 160 valence electrons. The van der Waals surface area contributed by atoms with Gasteiger partial charge in [-0.1, -0.05) is 6.42 Å². The molecular formula is C19H27N3O5S2. The minimum Gasteiger partial charge on any atom is -0.336 e. The zero-order valence-electron chi connectivity index (χ0n) is 16.4. The molecule has 3 fully saturated rings. The zero-order valence-corrected chi connectivity index (χ0v) is 18.0. The van der Waals surface area contributed by atoms with E-state index in [4.69, 9.17) is 0 Å². The van der Waals surface area contributed by atoms with Crippen LogP contribution in [-0.2, 0) is 20.0 Å². The number of amides is 1. The van der Waals surface area contributed by atoms with Crippen molar-refractivity contribution in [1.29, 1.82) is 0 Å². The third-order valence-corrected chi connectivity index (χ3v) is 10.2. The van der Waals surface area contributed by atoms with Crippen molar-refractivity contribution in [3.8, 4) is 0 Å². The Morgan fingerprint density at radius 1 is 0.759 bits per heavy atom. The number of nitrogens with zero attached hydrogens (tertiary/aromatic N) is 3. The Kier molecular flexibility index (Phi) is 5.71. The molecule has 1 aliphatic carbocycles. The van der Waals surface area contributed by atoms with Crippen molar-refractivity contribution in [3.05, 3.63) is 29.8 Å². The molecule has 29 heavy (non-hydrogen) atoms. The Morgan fingerprint density at radius 3 is 1.90 bits per heavy atom. The smallest absolute Gasteiger partial charge is 0.253 e. The molecule has 0 atom stereocenters. The molecule has 10 heteroatoms. The Bertz CT molecular complexity index is 958. The first-order chi connectivity index (χ1) is 13.8. The van der Waals surface area contributed by atoms with Gasteiger partial charge in [-0.15, -0.1) is 0 Å². The average molecular weight is 442 g/mol. The molecule has 1 amide bonds. The van der Waals surface area contributed by atoms with Crippen LogP contribution in [0.25, 0.3) is 0 Å². The van der Waals surface area contributed by atoms with Gasteiger partial charge in [-0.25, -0.2) is 16.8 Å². The number of carbonyl (C=O) groups excluding carboxylic acids is 1. The van der Waals surface area contributed by atoms with Gasteiger partial charge in [-0.2, -0.15) is 8.61 Å².